The molecule has 3 rings (SSSR count). The highest BCUT2D eigenvalue weighted by Gasteiger charge is 2.53. The standard InChI is InChI=1S/C19H18F2N4O2/c1-27-13-2-3-15(20)14(11-13)19(6-7-19)18(26)25-17(22)5-9-23-12-4-8-24-16(21)10-12/h2-5,8-11H,6-7H2,1H3,(H,23,24)(H2,22,25,26)/b9-5-. The first-order chi connectivity index (χ1) is 12.9. The van der Waals surface area contributed by atoms with Crippen molar-refractivity contribution in [1.29, 1.82) is 0 Å². The van der Waals surface area contributed by atoms with Gasteiger partial charge in [0, 0.05) is 29.7 Å². The molecule has 6 nitrogen and oxygen atoms in total. The number of benzene rings is 1. The Kier molecular flexibility index (Phi) is 5.16. The van der Waals surface area contributed by atoms with Gasteiger partial charge in [0.05, 0.1) is 12.5 Å². The zero-order valence-corrected chi connectivity index (χ0v) is 14.6. The second kappa shape index (κ2) is 7.53. The Morgan fingerprint density at radius 2 is 2.11 bits per heavy atom. The van der Waals surface area contributed by atoms with Gasteiger partial charge < -0.3 is 15.8 Å². The first kappa shape index (κ1) is 18.5. The molecule has 1 amide bonds. The predicted octanol–water partition coefficient (Wildman–Crippen LogP) is 2.91. The number of carbonyl (C=O) groups excluding carboxylic acids is 1. The molecule has 1 aliphatic rings. The molecule has 1 saturated carbocycles. The Hall–Kier alpha value is -3.29. The van der Waals surface area contributed by atoms with Crippen LogP contribution in [0.4, 0.5) is 14.5 Å². The summed E-state index contributed by atoms with van der Waals surface area (Å²) in [6, 6.07) is 7.05. The molecule has 2 aromatic rings. The topological polar surface area (TPSA) is 89.6 Å². The molecule has 1 aromatic heterocycles. The van der Waals surface area contributed by atoms with Crippen LogP contribution in [0.3, 0.4) is 0 Å². The number of anilines is 1. The Morgan fingerprint density at radius 1 is 1.33 bits per heavy atom. The molecular weight excluding hydrogens is 354 g/mol. The normalized spacial score (nSPS) is 15.6. The van der Waals surface area contributed by atoms with Crippen LogP contribution in [0, 0.1) is 11.8 Å². The number of rotatable bonds is 6. The quantitative estimate of drug-likeness (QED) is 0.462. The summed E-state index contributed by atoms with van der Waals surface area (Å²) in [5, 5.41) is 2.79. The smallest absolute Gasteiger partial charge is 0.258 e. The number of carbonyl (C=O) groups is 1. The zero-order chi connectivity index (χ0) is 19.4. The molecule has 0 bridgehead atoms. The molecule has 0 radical (unpaired) electrons. The molecule has 3 N–H and O–H groups in total. The van der Waals surface area contributed by atoms with E-state index in [1.807, 2.05) is 0 Å². The van der Waals surface area contributed by atoms with Crippen LogP contribution in [0.15, 0.2) is 53.8 Å². The molecule has 0 saturated heterocycles. The second-order valence-corrected chi connectivity index (χ2v) is 6.11. The van der Waals surface area contributed by atoms with Crippen LogP contribution in [-0.2, 0) is 10.2 Å². The molecular formula is C19H18F2N4O2. The summed E-state index contributed by atoms with van der Waals surface area (Å²) in [5.41, 5.74) is 5.49. The Morgan fingerprint density at radius 3 is 2.78 bits per heavy atom. The fraction of sp³-hybridized carbons (Fsp3) is 0.211. The maximum Gasteiger partial charge on any atom is 0.258 e. The maximum atomic E-state index is 14.2. The molecule has 1 aliphatic carbocycles. The Labute approximate surface area is 154 Å². The summed E-state index contributed by atoms with van der Waals surface area (Å²) in [7, 11) is 1.47. The summed E-state index contributed by atoms with van der Waals surface area (Å²) >= 11 is 0. The molecule has 1 heterocycles. The number of nitrogens with one attached hydrogen (secondary N) is 1. The molecule has 8 heteroatoms. The van der Waals surface area contributed by atoms with Crippen LogP contribution in [0.2, 0.25) is 0 Å². The van der Waals surface area contributed by atoms with E-state index in [2.05, 4.69) is 15.3 Å². The SMILES string of the molecule is COc1ccc(F)c(C2(C(=O)N=C(N)/C=C\Nc3ccnc(F)c3)CC2)c1. The van der Waals surface area contributed by atoms with Crippen molar-refractivity contribution in [3.05, 3.63) is 66.1 Å². The summed E-state index contributed by atoms with van der Waals surface area (Å²) in [4.78, 5) is 19.9. The highest BCUT2D eigenvalue weighted by molar-refractivity contribution is 6.04. The minimum atomic E-state index is -1.00. The van der Waals surface area contributed by atoms with Crippen LogP contribution in [0.1, 0.15) is 18.4 Å². The maximum absolute atomic E-state index is 14.2. The molecule has 0 unspecified atom stereocenters. The number of aromatic nitrogens is 1. The number of amides is 1. The lowest BCUT2D eigenvalue weighted by molar-refractivity contribution is -0.120. The molecule has 1 fully saturated rings. The number of methoxy groups -OCH3 is 1. The number of hydrogen-bond donors (Lipinski definition) is 2. The van der Waals surface area contributed by atoms with Gasteiger partial charge in [0.25, 0.3) is 5.91 Å². The number of hydrogen-bond acceptors (Lipinski definition) is 4. The Balaban J connectivity index is 1.72. The van der Waals surface area contributed by atoms with Crippen LogP contribution in [0.25, 0.3) is 0 Å². The van der Waals surface area contributed by atoms with Crippen LogP contribution < -0.4 is 15.8 Å². The zero-order valence-electron chi connectivity index (χ0n) is 14.6. The highest BCUT2D eigenvalue weighted by Crippen LogP contribution is 2.50. The van der Waals surface area contributed by atoms with Crippen molar-refractivity contribution in [3.63, 3.8) is 0 Å². The predicted molar refractivity (Wildman–Crippen MR) is 97.5 cm³/mol. The van der Waals surface area contributed by atoms with Gasteiger partial charge in [0.2, 0.25) is 5.95 Å². The van der Waals surface area contributed by atoms with Crippen molar-refractivity contribution >= 4 is 17.4 Å². The van der Waals surface area contributed by atoms with Crippen LogP contribution in [0.5, 0.6) is 5.75 Å². The van der Waals surface area contributed by atoms with Gasteiger partial charge in [-0.15, -0.1) is 0 Å². The van der Waals surface area contributed by atoms with Crippen molar-refractivity contribution in [3.8, 4) is 5.75 Å². The minimum absolute atomic E-state index is 0.0448. The van der Waals surface area contributed by atoms with Gasteiger partial charge in [-0.05, 0) is 43.2 Å². The van der Waals surface area contributed by atoms with E-state index in [0.717, 1.165) is 0 Å². The number of aliphatic imine (C=N–C) groups is 1. The van der Waals surface area contributed by atoms with Crippen molar-refractivity contribution in [2.24, 2.45) is 10.7 Å². The lowest BCUT2D eigenvalue weighted by atomic mass is 9.94. The molecule has 1 aromatic carbocycles. The molecule has 140 valence electrons. The third-order valence-electron chi connectivity index (χ3n) is 4.31. The van der Waals surface area contributed by atoms with E-state index >= 15 is 0 Å². The van der Waals surface area contributed by atoms with Gasteiger partial charge in [-0.3, -0.25) is 4.79 Å². The second-order valence-electron chi connectivity index (χ2n) is 6.11. The molecule has 27 heavy (non-hydrogen) atoms. The van der Waals surface area contributed by atoms with Gasteiger partial charge in [0.15, 0.2) is 0 Å². The van der Waals surface area contributed by atoms with Gasteiger partial charge in [-0.1, -0.05) is 0 Å². The number of halogens is 2. The molecule has 0 aliphatic heterocycles. The van der Waals surface area contributed by atoms with E-state index in [1.165, 1.54) is 49.8 Å². The van der Waals surface area contributed by atoms with E-state index < -0.39 is 23.1 Å². The minimum Gasteiger partial charge on any atom is -0.497 e. The average Bonchev–Trinajstić information content (AvgIpc) is 3.44. The van der Waals surface area contributed by atoms with Crippen molar-refractivity contribution in [2.45, 2.75) is 18.3 Å². The Bertz CT molecular complexity index is 924. The lowest BCUT2D eigenvalue weighted by Gasteiger charge is -2.14. The van der Waals surface area contributed by atoms with E-state index in [-0.39, 0.29) is 11.4 Å². The summed E-state index contributed by atoms with van der Waals surface area (Å²) in [6.07, 6.45) is 5.09. The van der Waals surface area contributed by atoms with Crippen LogP contribution >= 0.6 is 0 Å². The fourth-order valence-corrected chi connectivity index (χ4v) is 2.70. The largest absolute Gasteiger partial charge is 0.497 e. The lowest BCUT2D eigenvalue weighted by Crippen LogP contribution is -2.23. The number of nitrogens with two attached hydrogens (primary N) is 1. The summed E-state index contributed by atoms with van der Waals surface area (Å²) in [5.74, 6) is -1.19. The van der Waals surface area contributed by atoms with E-state index in [4.69, 9.17) is 10.5 Å². The fourth-order valence-electron chi connectivity index (χ4n) is 2.70. The summed E-state index contributed by atoms with van der Waals surface area (Å²) in [6.45, 7) is 0. The van der Waals surface area contributed by atoms with E-state index in [9.17, 15) is 13.6 Å². The van der Waals surface area contributed by atoms with Crippen LogP contribution in [-0.4, -0.2) is 23.8 Å². The van der Waals surface area contributed by atoms with Gasteiger partial charge in [0.1, 0.15) is 17.4 Å². The summed E-state index contributed by atoms with van der Waals surface area (Å²) < 4.78 is 32.3. The number of ether oxygens (including phenoxy) is 1. The number of pyridine rings is 1. The average molecular weight is 372 g/mol. The first-order valence-electron chi connectivity index (χ1n) is 8.22. The monoisotopic (exact) mass is 372 g/mol. The van der Waals surface area contributed by atoms with E-state index in [0.29, 0.717) is 24.3 Å². The third-order valence-corrected chi connectivity index (χ3v) is 4.31. The third kappa shape index (κ3) is 4.11. The van der Waals surface area contributed by atoms with Gasteiger partial charge >= 0.3 is 0 Å². The highest BCUT2D eigenvalue weighted by atomic mass is 19.1. The number of nitrogens with zero attached hydrogens (tertiary/aromatic N) is 2. The number of amidine groups is 1. The van der Waals surface area contributed by atoms with Gasteiger partial charge in [-0.2, -0.15) is 9.38 Å². The first-order valence-corrected chi connectivity index (χ1v) is 8.22. The molecule has 0 atom stereocenters. The van der Waals surface area contributed by atoms with Gasteiger partial charge in [-0.25, -0.2) is 9.37 Å². The molecule has 0 spiro atoms. The van der Waals surface area contributed by atoms with Crippen molar-refractivity contribution in [2.75, 3.05) is 12.4 Å². The van der Waals surface area contributed by atoms with Crippen molar-refractivity contribution < 1.29 is 18.3 Å². The van der Waals surface area contributed by atoms with Crippen molar-refractivity contribution in [1.82, 2.24) is 4.98 Å². The van der Waals surface area contributed by atoms with E-state index in [1.54, 1.807) is 6.07 Å².